The maximum absolute atomic E-state index is 14.2. The van der Waals surface area contributed by atoms with E-state index in [1.807, 2.05) is 6.07 Å². The molecular formula is C17H29FN2. The Labute approximate surface area is 123 Å². The molecule has 1 atom stereocenters. The first kappa shape index (κ1) is 17.0. The second-order valence-electron chi connectivity index (χ2n) is 6.59. The number of anilines is 1. The molecule has 0 fully saturated rings. The first-order valence-corrected chi connectivity index (χ1v) is 7.51. The molecular weight excluding hydrogens is 251 g/mol. The Balaban J connectivity index is 2.98. The van der Waals surface area contributed by atoms with Gasteiger partial charge >= 0.3 is 0 Å². The molecule has 0 saturated heterocycles. The Morgan fingerprint density at radius 2 is 1.95 bits per heavy atom. The monoisotopic (exact) mass is 280 g/mol. The van der Waals surface area contributed by atoms with Crippen LogP contribution in [0.1, 0.15) is 53.0 Å². The lowest BCUT2D eigenvalue weighted by molar-refractivity contribution is 0.418. The van der Waals surface area contributed by atoms with E-state index in [-0.39, 0.29) is 11.4 Å². The van der Waals surface area contributed by atoms with Crippen LogP contribution in [0, 0.1) is 5.82 Å². The first-order chi connectivity index (χ1) is 9.26. The van der Waals surface area contributed by atoms with Crippen molar-refractivity contribution in [1.29, 1.82) is 0 Å². The minimum atomic E-state index is -0.130. The number of halogens is 1. The van der Waals surface area contributed by atoms with Gasteiger partial charge in [0.25, 0.3) is 0 Å². The zero-order valence-electron chi connectivity index (χ0n) is 13.8. The van der Waals surface area contributed by atoms with Crippen LogP contribution in [0.15, 0.2) is 18.2 Å². The summed E-state index contributed by atoms with van der Waals surface area (Å²) in [5.74, 6) is -0.130. The maximum atomic E-state index is 14.2. The Morgan fingerprint density at radius 3 is 2.50 bits per heavy atom. The van der Waals surface area contributed by atoms with Gasteiger partial charge in [0.05, 0.1) is 0 Å². The fourth-order valence-corrected chi connectivity index (χ4v) is 2.26. The van der Waals surface area contributed by atoms with E-state index >= 15 is 0 Å². The average molecular weight is 280 g/mol. The summed E-state index contributed by atoms with van der Waals surface area (Å²) in [4.78, 5) is 2.19. The standard InChI is InChI=1S/C17H29FN2/c1-7-9-13(2)20(6)16-11-8-10-15(18)14(16)12-19-17(3,4)5/h8,10-11,13,19H,7,9,12H2,1-6H3. The van der Waals surface area contributed by atoms with Crippen LogP contribution in [-0.4, -0.2) is 18.6 Å². The Bertz CT molecular complexity index is 423. The highest BCUT2D eigenvalue weighted by atomic mass is 19.1. The van der Waals surface area contributed by atoms with Gasteiger partial charge in [-0.05, 0) is 46.2 Å². The number of benzene rings is 1. The molecule has 1 unspecified atom stereocenters. The van der Waals surface area contributed by atoms with E-state index in [0.717, 1.165) is 24.1 Å². The minimum Gasteiger partial charge on any atom is -0.372 e. The molecule has 0 aliphatic carbocycles. The van der Waals surface area contributed by atoms with Gasteiger partial charge in [0.1, 0.15) is 5.82 Å². The van der Waals surface area contributed by atoms with E-state index in [1.54, 1.807) is 12.1 Å². The third kappa shape index (κ3) is 4.78. The molecule has 1 N–H and O–H groups in total. The van der Waals surface area contributed by atoms with E-state index < -0.39 is 0 Å². The van der Waals surface area contributed by atoms with Gasteiger partial charge in [-0.3, -0.25) is 0 Å². The van der Waals surface area contributed by atoms with Gasteiger partial charge in [0.15, 0.2) is 0 Å². The predicted octanol–water partition coefficient (Wildman–Crippen LogP) is 4.34. The molecule has 0 saturated carbocycles. The molecule has 20 heavy (non-hydrogen) atoms. The molecule has 0 radical (unpaired) electrons. The van der Waals surface area contributed by atoms with E-state index in [0.29, 0.717) is 12.6 Å². The van der Waals surface area contributed by atoms with Crippen molar-refractivity contribution in [2.24, 2.45) is 0 Å². The molecule has 2 nitrogen and oxygen atoms in total. The Morgan fingerprint density at radius 1 is 1.30 bits per heavy atom. The number of nitrogens with one attached hydrogen (secondary N) is 1. The van der Waals surface area contributed by atoms with E-state index in [4.69, 9.17) is 0 Å². The Kier molecular flexibility index (Phi) is 6.00. The molecule has 0 amide bonds. The van der Waals surface area contributed by atoms with E-state index in [9.17, 15) is 4.39 Å². The fourth-order valence-electron chi connectivity index (χ4n) is 2.26. The molecule has 0 aliphatic rings. The van der Waals surface area contributed by atoms with Crippen molar-refractivity contribution < 1.29 is 4.39 Å². The van der Waals surface area contributed by atoms with E-state index in [1.165, 1.54) is 0 Å². The second kappa shape index (κ2) is 7.07. The third-order valence-corrected chi connectivity index (χ3v) is 3.64. The lowest BCUT2D eigenvalue weighted by Gasteiger charge is -2.30. The molecule has 1 aromatic rings. The first-order valence-electron chi connectivity index (χ1n) is 7.51. The van der Waals surface area contributed by atoms with E-state index in [2.05, 4.69) is 51.9 Å². The Hall–Kier alpha value is -1.09. The van der Waals surface area contributed by atoms with Gasteiger partial charge in [-0.2, -0.15) is 0 Å². The van der Waals surface area contributed by atoms with Gasteiger partial charge in [-0.25, -0.2) is 4.39 Å². The summed E-state index contributed by atoms with van der Waals surface area (Å²) in [6.45, 7) is 11.2. The van der Waals surface area contributed by atoms with Crippen LogP contribution in [0.2, 0.25) is 0 Å². The molecule has 1 rings (SSSR count). The van der Waals surface area contributed by atoms with Crippen LogP contribution >= 0.6 is 0 Å². The largest absolute Gasteiger partial charge is 0.372 e. The van der Waals surface area contributed by atoms with Crippen LogP contribution in [-0.2, 0) is 6.54 Å². The molecule has 3 heteroatoms. The van der Waals surface area contributed by atoms with Crippen molar-refractivity contribution in [3.63, 3.8) is 0 Å². The highest BCUT2D eigenvalue weighted by Gasteiger charge is 2.17. The van der Waals surface area contributed by atoms with Crippen molar-refractivity contribution in [1.82, 2.24) is 5.32 Å². The van der Waals surface area contributed by atoms with Gasteiger partial charge in [0.2, 0.25) is 0 Å². The average Bonchev–Trinajstić information content (AvgIpc) is 2.35. The summed E-state index contributed by atoms with van der Waals surface area (Å²) in [5.41, 5.74) is 1.73. The smallest absolute Gasteiger partial charge is 0.129 e. The predicted molar refractivity (Wildman–Crippen MR) is 85.8 cm³/mol. The number of hydrogen-bond donors (Lipinski definition) is 1. The van der Waals surface area contributed by atoms with Crippen molar-refractivity contribution in [3.05, 3.63) is 29.6 Å². The van der Waals surface area contributed by atoms with Gasteiger partial charge in [-0.1, -0.05) is 19.4 Å². The summed E-state index contributed by atoms with van der Waals surface area (Å²) in [5, 5.41) is 3.38. The van der Waals surface area contributed by atoms with Gasteiger partial charge < -0.3 is 10.2 Å². The molecule has 0 heterocycles. The molecule has 0 aromatic heterocycles. The maximum Gasteiger partial charge on any atom is 0.129 e. The minimum absolute atomic E-state index is 0.0207. The zero-order valence-corrected chi connectivity index (χ0v) is 13.8. The van der Waals surface area contributed by atoms with Crippen LogP contribution in [0.25, 0.3) is 0 Å². The molecule has 0 bridgehead atoms. The summed E-state index contributed by atoms with van der Waals surface area (Å²) in [6.07, 6.45) is 2.25. The highest BCUT2D eigenvalue weighted by Crippen LogP contribution is 2.25. The van der Waals surface area contributed by atoms with Crippen LogP contribution in [0.3, 0.4) is 0 Å². The topological polar surface area (TPSA) is 15.3 Å². The van der Waals surface area contributed by atoms with Crippen molar-refractivity contribution in [3.8, 4) is 0 Å². The molecule has 0 spiro atoms. The summed E-state index contributed by atoms with van der Waals surface area (Å²) in [6, 6.07) is 5.76. The number of hydrogen-bond acceptors (Lipinski definition) is 2. The quantitative estimate of drug-likeness (QED) is 0.834. The lowest BCUT2D eigenvalue weighted by Crippen LogP contribution is -2.36. The summed E-state index contributed by atoms with van der Waals surface area (Å²) in [7, 11) is 2.05. The van der Waals surface area contributed by atoms with Gasteiger partial charge in [0, 0.05) is 36.4 Å². The van der Waals surface area contributed by atoms with Crippen LogP contribution in [0.5, 0.6) is 0 Å². The third-order valence-electron chi connectivity index (χ3n) is 3.64. The molecule has 0 aliphatic heterocycles. The van der Waals surface area contributed by atoms with Crippen molar-refractivity contribution in [2.45, 2.75) is 65.6 Å². The number of rotatable bonds is 6. The fraction of sp³-hybridized carbons (Fsp3) is 0.647. The zero-order chi connectivity index (χ0) is 15.3. The normalized spacial score (nSPS) is 13.3. The van der Waals surface area contributed by atoms with Gasteiger partial charge in [-0.15, -0.1) is 0 Å². The summed E-state index contributed by atoms with van der Waals surface area (Å²) >= 11 is 0. The second-order valence-corrected chi connectivity index (χ2v) is 6.59. The summed E-state index contributed by atoms with van der Waals surface area (Å²) < 4.78 is 14.2. The molecule has 1 aromatic carbocycles. The molecule has 114 valence electrons. The van der Waals surface area contributed by atoms with Crippen molar-refractivity contribution >= 4 is 5.69 Å². The SMILES string of the molecule is CCCC(C)N(C)c1cccc(F)c1CNC(C)(C)C. The van der Waals surface area contributed by atoms with Crippen molar-refractivity contribution in [2.75, 3.05) is 11.9 Å². The highest BCUT2D eigenvalue weighted by molar-refractivity contribution is 5.54. The lowest BCUT2D eigenvalue weighted by atomic mass is 10.1. The van der Waals surface area contributed by atoms with Crippen LogP contribution in [0.4, 0.5) is 10.1 Å². The number of nitrogens with zero attached hydrogens (tertiary/aromatic N) is 1. The van der Waals surface area contributed by atoms with Crippen LogP contribution < -0.4 is 10.2 Å².